The molecule has 2 aromatic carbocycles. The molecule has 1 aromatic heterocycles. The van der Waals surface area contributed by atoms with Crippen molar-refractivity contribution in [3.8, 4) is 0 Å². The maximum Gasteiger partial charge on any atom is 0.242 e. The molecular weight excluding hydrogens is 440 g/mol. The molecule has 166 valence electrons. The maximum absolute atomic E-state index is 13.4. The van der Waals surface area contributed by atoms with Crippen molar-refractivity contribution in [3.63, 3.8) is 0 Å². The predicted octanol–water partition coefficient (Wildman–Crippen LogP) is 5.53. The lowest BCUT2D eigenvalue weighted by atomic mass is 10.1. The van der Waals surface area contributed by atoms with Gasteiger partial charge in [0.05, 0.1) is 0 Å². The SMILES string of the molecule is CCC(=O)N(c1nnc(S[C@H](C(=O)Nc2cc(C)ccc2C)c2ccccc2)s1)C1CC1. The molecule has 0 spiro atoms. The zero-order valence-electron chi connectivity index (χ0n) is 18.4. The molecule has 0 bridgehead atoms. The molecule has 1 N–H and O–H groups in total. The summed E-state index contributed by atoms with van der Waals surface area (Å²) in [6.07, 6.45) is 2.43. The van der Waals surface area contributed by atoms with E-state index in [4.69, 9.17) is 0 Å². The summed E-state index contributed by atoms with van der Waals surface area (Å²) in [6.45, 7) is 5.84. The van der Waals surface area contributed by atoms with Crippen molar-refractivity contribution in [1.82, 2.24) is 10.2 Å². The second-order valence-corrected chi connectivity index (χ2v) is 10.2. The van der Waals surface area contributed by atoms with Crippen LogP contribution in [0, 0.1) is 13.8 Å². The highest BCUT2D eigenvalue weighted by Crippen LogP contribution is 2.41. The van der Waals surface area contributed by atoms with Crippen LogP contribution in [0.1, 0.15) is 48.1 Å². The molecule has 2 amide bonds. The zero-order chi connectivity index (χ0) is 22.7. The Morgan fingerprint density at radius 2 is 1.91 bits per heavy atom. The molecule has 32 heavy (non-hydrogen) atoms. The van der Waals surface area contributed by atoms with Crippen molar-refractivity contribution >= 4 is 45.7 Å². The maximum atomic E-state index is 13.4. The number of nitrogens with zero attached hydrogens (tertiary/aromatic N) is 3. The van der Waals surface area contributed by atoms with Gasteiger partial charge in [-0.1, -0.05) is 72.5 Å². The number of aryl methyl sites for hydroxylation is 2. The minimum Gasteiger partial charge on any atom is -0.325 e. The van der Waals surface area contributed by atoms with Crippen LogP contribution in [0.25, 0.3) is 0 Å². The number of aromatic nitrogens is 2. The van der Waals surface area contributed by atoms with E-state index in [1.807, 2.05) is 69.3 Å². The Balaban J connectivity index is 1.58. The molecule has 1 fully saturated rings. The summed E-state index contributed by atoms with van der Waals surface area (Å²) in [4.78, 5) is 27.5. The first-order valence-corrected chi connectivity index (χ1v) is 12.4. The third-order valence-electron chi connectivity index (χ3n) is 5.30. The number of anilines is 2. The van der Waals surface area contributed by atoms with Crippen LogP contribution < -0.4 is 10.2 Å². The van der Waals surface area contributed by atoms with Crippen molar-refractivity contribution in [2.24, 2.45) is 0 Å². The van der Waals surface area contributed by atoms with Crippen LogP contribution in [0.5, 0.6) is 0 Å². The van der Waals surface area contributed by atoms with E-state index in [0.29, 0.717) is 15.9 Å². The molecule has 1 saturated carbocycles. The number of amides is 2. The van der Waals surface area contributed by atoms with Gasteiger partial charge in [-0.15, -0.1) is 10.2 Å². The highest BCUT2D eigenvalue weighted by molar-refractivity contribution is 8.02. The Morgan fingerprint density at radius 1 is 1.16 bits per heavy atom. The number of benzene rings is 2. The van der Waals surface area contributed by atoms with Crippen LogP contribution in [0.2, 0.25) is 0 Å². The van der Waals surface area contributed by atoms with Crippen molar-refractivity contribution in [3.05, 3.63) is 65.2 Å². The van der Waals surface area contributed by atoms with E-state index in [9.17, 15) is 9.59 Å². The monoisotopic (exact) mass is 466 g/mol. The highest BCUT2D eigenvalue weighted by atomic mass is 32.2. The van der Waals surface area contributed by atoms with Crippen LogP contribution in [0.3, 0.4) is 0 Å². The fourth-order valence-electron chi connectivity index (χ4n) is 3.39. The van der Waals surface area contributed by atoms with Crippen LogP contribution in [0.4, 0.5) is 10.8 Å². The molecule has 0 aliphatic heterocycles. The average Bonchev–Trinajstić information content (AvgIpc) is 3.52. The molecule has 6 nitrogen and oxygen atoms in total. The standard InChI is InChI=1S/C24H26N4O2S2/c1-4-20(29)28(18-12-13-18)23-26-27-24(32-23)31-21(17-8-6-5-7-9-17)22(30)25-19-14-15(2)10-11-16(19)3/h5-11,14,18,21H,4,12-13H2,1-3H3,(H,25,30)/t21-/m0/s1. The third kappa shape index (κ3) is 5.19. The van der Waals surface area contributed by atoms with Gasteiger partial charge in [0.2, 0.25) is 16.9 Å². The Bertz CT molecular complexity index is 1110. The molecule has 3 aromatic rings. The summed E-state index contributed by atoms with van der Waals surface area (Å²) in [5, 5.41) is 11.8. The van der Waals surface area contributed by atoms with Crippen LogP contribution in [0.15, 0.2) is 52.9 Å². The fraction of sp³-hybridized carbons (Fsp3) is 0.333. The second kappa shape index (κ2) is 9.83. The minimum atomic E-state index is -0.492. The van der Waals surface area contributed by atoms with Gasteiger partial charge in [-0.2, -0.15) is 0 Å². The van der Waals surface area contributed by atoms with Crippen molar-refractivity contribution < 1.29 is 9.59 Å². The number of carbonyl (C=O) groups excluding carboxylic acids is 2. The van der Waals surface area contributed by atoms with Crippen molar-refractivity contribution in [1.29, 1.82) is 0 Å². The predicted molar refractivity (Wildman–Crippen MR) is 130 cm³/mol. The molecule has 0 radical (unpaired) electrons. The van der Waals surface area contributed by atoms with Crippen LogP contribution in [-0.2, 0) is 9.59 Å². The third-order valence-corrected chi connectivity index (χ3v) is 7.56. The van der Waals surface area contributed by atoms with Gasteiger partial charge in [0, 0.05) is 18.2 Å². The minimum absolute atomic E-state index is 0.0625. The normalized spacial score (nSPS) is 14.1. The van der Waals surface area contributed by atoms with Crippen LogP contribution in [-0.4, -0.2) is 28.1 Å². The number of rotatable bonds is 8. The summed E-state index contributed by atoms with van der Waals surface area (Å²) in [5.74, 6) is -0.0530. The smallest absolute Gasteiger partial charge is 0.242 e. The molecule has 1 heterocycles. The first-order chi connectivity index (χ1) is 15.5. The lowest BCUT2D eigenvalue weighted by Gasteiger charge is -2.18. The van der Waals surface area contributed by atoms with Gasteiger partial charge in [0.25, 0.3) is 0 Å². The van der Waals surface area contributed by atoms with Gasteiger partial charge in [-0.05, 0) is 49.4 Å². The molecule has 1 atom stereocenters. The number of hydrogen-bond donors (Lipinski definition) is 1. The molecule has 0 unspecified atom stereocenters. The summed E-state index contributed by atoms with van der Waals surface area (Å²) in [5.41, 5.74) is 3.80. The van der Waals surface area contributed by atoms with E-state index in [0.717, 1.165) is 35.2 Å². The second-order valence-electron chi connectivity index (χ2n) is 7.92. The Hall–Kier alpha value is -2.71. The molecule has 1 aliphatic rings. The number of hydrogen-bond acceptors (Lipinski definition) is 6. The van der Waals surface area contributed by atoms with Gasteiger partial charge in [0.15, 0.2) is 4.34 Å². The zero-order valence-corrected chi connectivity index (χ0v) is 20.0. The highest BCUT2D eigenvalue weighted by Gasteiger charge is 2.35. The average molecular weight is 467 g/mol. The molecule has 1 aliphatic carbocycles. The summed E-state index contributed by atoms with van der Waals surface area (Å²) in [6, 6.07) is 15.9. The number of nitrogens with one attached hydrogen (secondary N) is 1. The quantitative estimate of drug-likeness (QED) is 0.349. The Morgan fingerprint density at radius 3 is 2.59 bits per heavy atom. The van der Waals surface area contributed by atoms with Gasteiger partial charge in [0.1, 0.15) is 5.25 Å². The summed E-state index contributed by atoms with van der Waals surface area (Å²) < 4.78 is 0.666. The van der Waals surface area contributed by atoms with E-state index in [1.54, 1.807) is 4.90 Å². The van der Waals surface area contributed by atoms with Crippen molar-refractivity contribution in [2.45, 2.75) is 55.7 Å². The molecule has 8 heteroatoms. The molecular formula is C24H26N4O2S2. The van der Waals surface area contributed by atoms with Gasteiger partial charge < -0.3 is 5.32 Å². The Kier molecular flexibility index (Phi) is 6.91. The summed E-state index contributed by atoms with van der Waals surface area (Å²) in [7, 11) is 0. The fourth-order valence-corrected chi connectivity index (χ4v) is 5.51. The molecule has 0 saturated heterocycles. The van der Waals surface area contributed by atoms with Gasteiger partial charge >= 0.3 is 0 Å². The lowest BCUT2D eigenvalue weighted by molar-refractivity contribution is -0.118. The Labute approximate surface area is 196 Å². The topological polar surface area (TPSA) is 75.2 Å². The van der Waals surface area contributed by atoms with E-state index in [-0.39, 0.29) is 17.9 Å². The van der Waals surface area contributed by atoms with Gasteiger partial charge in [-0.25, -0.2) is 0 Å². The van der Waals surface area contributed by atoms with Crippen LogP contribution >= 0.6 is 23.1 Å². The first kappa shape index (κ1) is 22.5. The van der Waals surface area contributed by atoms with E-state index in [2.05, 4.69) is 15.5 Å². The number of carbonyl (C=O) groups is 2. The van der Waals surface area contributed by atoms with E-state index >= 15 is 0 Å². The van der Waals surface area contributed by atoms with Crippen molar-refractivity contribution in [2.75, 3.05) is 10.2 Å². The number of thioether (sulfide) groups is 1. The lowest BCUT2D eigenvalue weighted by Crippen LogP contribution is -2.32. The van der Waals surface area contributed by atoms with E-state index < -0.39 is 5.25 Å². The molecule has 4 rings (SSSR count). The largest absolute Gasteiger partial charge is 0.325 e. The first-order valence-electron chi connectivity index (χ1n) is 10.7. The van der Waals surface area contributed by atoms with Gasteiger partial charge in [-0.3, -0.25) is 14.5 Å². The summed E-state index contributed by atoms with van der Waals surface area (Å²) >= 11 is 2.73. The van der Waals surface area contributed by atoms with E-state index in [1.165, 1.54) is 23.1 Å².